The van der Waals surface area contributed by atoms with Crippen LogP contribution >= 0.6 is 46.4 Å². The van der Waals surface area contributed by atoms with Gasteiger partial charge in [0.15, 0.2) is 24.9 Å². The molecule has 4 aliphatic heterocycles. The number of benzene rings is 8. The van der Waals surface area contributed by atoms with E-state index in [-0.39, 0.29) is 38.0 Å². The van der Waals surface area contributed by atoms with Crippen LogP contribution in [0.4, 0.5) is 0 Å². The summed E-state index contributed by atoms with van der Waals surface area (Å²) in [5.41, 5.74) is 18.9. The molecule has 768 valence electrons. The van der Waals surface area contributed by atoms with Crippen molar-refractivity contribution >= 4 is 102 Å². The molecule has 5 aliphatic carbocycles. The number of carbonyl (C=O) groups is 2. The maximum Gasteiger partial charge on any atom is 0.243 e. The number of hydrogen-bond acceptors (Lipinski definition) is 22. The third-order valence-corrected chi connectivity index (χ3v) is 31.4. The SMILES string of the molecule is C/C=C/C(=O)NC[C@H]1O[C@@H](n2cc(Cc3ccc(C4CC4)cc3)c3c(Cl)cccc32)[C@H](O)[C@@H](O)[C@@H]1O.CC(=O)NC[C@H]1O[C@@H](n2cc(Cc3ccc(C4CC4)cc3)c3c(Cl)cccc32)[C@H](O)[C@@H](O)[C@@H]1O.Cc1cn(C[C@H]2O[C@@H](n3cc(Cc4ccc(C5CC5)cc4)c4c(Cl)cccc43)[C@H](O)[C@@H](O)[C@@H]2O)nn1.O[C@@H]1[C@@H](O)[C@H](n2cc(Cc3ccc(C4CC4)cc3)c3c(Cl)cccc32)O[C@H](Cn2cc(C3CCCC3)nn2)[C@H]1O. The molecule has 10 heterocycles. The van der Waals surface area contributed by atoms with E-state index in [0.29, 0.717) is 75.4 Å². The molecule has 14 aromatic rings. The third-order valence-electron chi connectivity index (χ3n) is 30.1. The van der Waals surface area contributed by atoms with Gasteiger partial charge in [0.1, 0.15) is 97.7 Å². The van der Waals surface area contributed by atoms with Gasteiger partial charge < -0.3 is 109 Å². The minimum Gasteiger partial charge on any atom is -0.388 e. The van der Waals surface area contributed by atoms with Crippen LogP contribution < -0.4 is 10.6 Å². The van der Waals surface area contributed by atoms with Gasteiger partial charge in [-0.15, -0.1) is 10.2 Å². The van der Waals surface area contributed by atoms with Crippen LogP contribution in [0.1, 0.15) is 224 Å². The average molecular weight is 2070 g/mol. The van der Waals surface area contributed by atoms with E-state index in [2.05, 4.69) is 128 Å². The molecule has 0 spiro atoms. The summed E-state index contributed by atoms with van der Waals surface area (Å²) in [4.78, 5) is 23.2. The van der Waals surface area contributed by atoms with E-state index in [4.69, 9.17) is 65.4 Å². The summed E-state index contributed by atoms with van der Waals surface area (Å²) in [5, 5.41) is 157. The predicted molar refractivity (Wildman–Crippen MR) is 553 cm³/mol. The van der Waals surface area contributed by atoms with Crippen LogP contribution in [0.2, 0.25) is 20.1 Å². The number of aromatic nitrogens is 10. The lowest BCUT2D eigenvalue weighted by atomic mass is 9.97. The monoisotopic (exact) mass is 2060 g/mol. The van der Waals surface area contributed by atoms with Crippen molar-refractivity contribution in [1.82, 2.24) is 58.9 Å². The molecule has 14 N–H and O–H groups in total. The van der Waals surface area contributed by atoms with Crippen molar-refractivity contribution in [1.29, 1.82) is 0 Å². The van der Waals surface area contributed by atoms with Crippen molar-refractivity contribution in [3.63, 3.8) is 0 Å². The summed E-state index contributed by atoms with van der Waals surface area (Å²) in [6, 6.07) is 57.2. The molecule has 8 aromatic carbocycles. The van der Waals surface area contributed by atoms with Crippen LogP contribution in [0.3, 0.4) is 0 Å². The van der Waals surface area contributed by atoms with Gasteiger partial charge in [-0.3, -0.25) is 9.59 Å². The molecule has 20 atom stereocenters. The van der Waals surface area contributed by atoms with Crippen LogP contribution in [0.15, 0.2) is 219 Å². The molecule has 34 heteroatoms. The predicted octanol–water partition coefficient (Wildman–Crippen LogP) is 14.3. The van der Waals surface area contributed by atoms with E-state index in [1.165, 1.54) is 111 Å². The van der Waals surface area contributed by atoms with E-state index in [9.17, 15) is 70.9 Å². The molecule has 23 rings (SSSR count). The summed E-state index contributed by atoms with van der Waals surface area (Å²) < 4.78 is 35.1. The Labute approximate surface area is 864 Å². The lowest BCUT2D eigenvalue weighted by molar-refractivity contribution is -0.247. The molecule has 0 radical (unpaired) electrons. The first-order chi connectivity index (χ1) is 70.5. The zero-order valence-electron chi connectivity index (χ0n) is 81.2. The standard InChI is InChI=1S/C31H35ClN4O4.C28H31ClN2O5.C27H29ClN4O4.C26H29ClN2O5/c32-23-6-3-7-25-27(23)22(14-18-8-10-19(11-9-18)20-12-13-20)15-36(25)31-30(39)29(38)28(37)26(40-31)17-35-16-24(33-34-35)21-4-1-2-5-21;1-2-4-23(32)30-14-22-25(33)26(34)27(35)28(36-22)31-15-19(24-20(29)5-3-6-21(24)31)13-16-7-9-17(10-8-16)18-11-12-18;1-15-12-31(30-29-15)14-22-24(33)25(34)26(35)27(36-22)32-13-19(23-20(28)3-2-4-21(23)32)11-16-5-7-17(8-6-16)18-9-10-18;1-14(30)28-12-21-23(31)24(32)25(33)26(34-21)29-13-18(22-19(27)3-2-4-20(22)29)11-15-5-7-16(8-6-15)17-9-10-17/h3,6-11,15-16,20-21,26,28-31,37-39H,1-2,4-5,12-14,17H2;2-10,15,18,22,25-28,33-35H,11-14H2,1H3,(H,30,32);2-8,12-13,18,22,24-27,33-35H,9-11,14H2,1H3;2-8,13,17,21,23-26,31-33H,9-12H2,1H3,(H,28,30)/b;4-2+;;/t26-,28-,29+,30-,31-;22-,25-,26+,27-,28-;22-,24-,25+,26-,27-;21-,23-,24+,25-,26-/m1111/s1. The van der Waals surface area contributed by atoms with Crippen LogP contribution in [0.25, 0.3) is 43.6 Å². The second kappa shape index (κ2) is 44.3. The van der Waals surface area contributed by atoms with Crippen LogP contribution in [-0.4, -0.2) is 232 Å². The highest BCUT2D eigenvalue weighted by molar-refractivity contribution is 6.37. The molecule has 9 fully saturated rings. The number of aryl methyl sites for hydroxylation is 1. The summed E-state index contributed by atoms with van der Waals surface area (Å²) in [6.45, 7) is 5.29. The van der Waals surface area contributed by atoms with Crippen molar-refractivity contribution in [3.8, 4) is 0 Å². The van der Waals surface area contributed by atoms with Crippen LogP contribution in [-0.2, 0) is 67.3 Å². The van der Waals surface area contributed by atoms with Gasteiger partial charge in [0, 0.05) is 84.7 Å². The molecule has 5 saturated carbocycles. The van der Waals surface area contributed by atoms with Crippen LogP contribution in [0.5, 0.6) is 0 Å². The maximum atomic E-state index is 11.9. The number of amides is 2. The third kappa shape index (κ3) is 22.4. The van der Waals surface area contributed by atoms with E-state index in [0.717, 1.165) is 101 Å². The maximum absolute atomic E-state index is 11.9. The number of ether oxygens (including phenoxy) is 4. The number of halogens is 4. The van der Waals surface area contributed by atoms with Gasteiger partial charge in [0.2, 0.25) is 11.8 Å². The molecule has 2 amide bonds. The number of nitrogens with one attached hydrogen (secondary N) is 2. The summed E-state index contributed by atoms with van der Waals surface area (Å²) in [6.07, 6.45) is 8.04. The van der Waals surface area contributed by atoms with Gasteiger partial charge in [-0.25, -0.2) is 9.36 Å². The lowest BCUT2D eigenvalue weighted by Gasteiger charge is -2.41. The van der Waals surface area contributed by atoms with Crippen molar-refractivity contribution in [3.05, 3.63) is 317 Å². The van der Waals surface area contributed by atoms with Gasteiger partial charge in [-0.2, -0.15) is 0 Å². The molecular weight excluding hydrogens is 1940 g/mol. The number of fused-ring (bicyclic) bond motifs is 4. The molecule has 30 nitrogen and oxygen atoms in total. The van der Waals surface area contributed by atoms with Gasteiger partial charge >= 0.3 is 0 Å². The van der Waals surface area contributed by atoms with E-state index < -0.39 is 123 Å². The van der Waals surface area contributed by atoms with Crippen molar-refractivity contribution in [2.45, 2.75) is 289 Å². The average Bonchev–Trinajstić information content (AvgIpc) is 1.61. The fraction of sp³-hybridized carbons (Fsp3) is 0.429. The minimum atomic E-state index is -1.46. The number of rotatable bonds is 26. The quantitative estimate of drug-likeness (QED) is 0.0224. The second-order valence-corrected chi connectivity index (χ2v) is 42.4. The Morgan fingerprint density at radius 3 is 0.925 bits per heavy atom. The summed E-state index contributed by atoms with van der Waals surface area (Å²) in [7, 11) is 0. The molecule has 0 bridgehead atoms. The smallest absolute Gasteiger partial charge is 0.243 e. The first kappa shape index (κ1) is 103. The molecule has 9 aliphatic rings. The van der Waals surface area contributed by atoms with E-state index in [1.54, 1.807) is 37.7 Å². The number of aliphatic hydroxyl groups is 12. The summed E-state index contributed by atoms with van der Waals surface area (Å²) in [5.74, 6) is 2.61. The fourth-order valence-corrected chi connectivity index (χ4v) is 22.7. The molecule has 6 aromatic heterocycles. The Kier molecular flexibility index (Phi) is 31.1. The van der Waals surface area contributed by atoms with E-state index in [1.807, 2.05) is 120 Å². The number of carbonyl (C=O) groups excluding carboxylic acids is 2. The zero-order valence-corrected chi connectivity index (χ0v) is 84.2. The lowest BCUT2D eigenvalue weighted by Crippen LogP contribution is -2.58. The largest absolute Gasteiger partial charge is 0.388 e. The Morgan fingerprint density at radius 1 is 0.349 bits per heavy atom. The van der Waals surface area contributed by atoms with Gasteiger partial charge in [-0.1, -0.05) is 197 Å². The Hall–Kier alpha value is -10.6. The Bertz CT molecular complexity index is 6970. The first-order valence-electron chi connectivity index (χ1n) is 50.7. The minimum absolute atomic E-state index is 0.0109. The first-order valence-corrected chi connectivity index (χ1v) is 52.2. The van der Waals surface area contributed by atoms with Gasteiger partial charge in [-0.05, 0) is 249 Å². The molecular formula is C112H124Cl4N12O18. The Balaban J connectivity index is 0.000000119. The number of hydrogen-bond donors (Lipinski definition) is 14. The number of nitrogens with zero attached hydrogens (tertiary/aromatic N) is 10. The number of aliphatic hydroxyl groups excluding tert-OH is 12. The van der Waals surface area contributed by atoms with Crippen LogP contribution in [0, 0.1) is 6.92 Å². The highest BCUT2D eigenvalue weighted by atomic mass is 35.5. The van der Waals surface area contributed by atoms with Crippen molar-refractivity contribution < 1.29 is 89.8 Å². The van der Waals surface area contributed by atoms with Gasteiger partial charge in [0.05, 0.1) is 66.6 Å². The normalized spacial score (nSPS) is 27.0. The Morgan fingerprint density at radius 2 is 0.637 bits per heavy atom. The molecule has 146 heavy (non-hydrogen) atoms. The van der Waals surface area contributed by atoms with Crippen molar-refractivity contribution in [2.24, 2.45) is 0 Å². The number of allylic oxidation sites excluding steroid dienone is 1. The highest BCUT2D eigenvalue weighted by Gasteiger charge is 2.50. The zero-order chi connectivity index (χ0) is 102. The fourth-order valence-electron chi connectivity index (χ4n) is 21.5. The molecule has 0 unspecified atom stereocenters. The second-order valence-electron chi connectivity index (χ2n) is 40.8. The molecule has 4 saturated heterocycles. The topological polar surface area (TPSA) is 419 Å². The highest BCUT2D eigenvalue weighted by Crippen LogP contribution is 2.48. The van der Waals surface area contributed by atoms with Crippen molar-refractivity contribution in [2.75, 3.05) is 13.1 Å². The summed E-state index contributed by atoms with van der Waals surface area (Å²) >= 11 is 26.6. The van der Waals surface area contributed by atoms with E-state index >= 15 is 0 Å². The van der Waals surface area contributed by atoms with Gasteiger partial charge in [0.25, 0.3) is 0 Å².